The van der Waals surface area contributed by atoms with Crippen LogP contribution in [0.25, 0.3) is 16.9 Å². The Bertz CT molecular complexity index is 1400. The Morgan fingerprint density at radius 1 is 1.03 bits per heavy atom. The number of aromatic nitrogens is 5. The number of carbonyl (C=O) groups is 1. The van der Waals surface area contributed by atoms with E-state index in [9.17, 15) is 9.59 Å². The number of pyridine rings is 1. The Morgan fingerprint density at radius 3 is 2.74 bits per heavy atom. The fourth-order valence-electron chi connectivity index (χ4n) is 3.54. The average Bonchev–Trinajstić information content (AvgIpc) is 3.54. The SMILES string of the molecule is O=C(Cn1c(=O)n(Cc2cccs2)c2ncccc21)Nc1ccccc1-n1ccnc1. The van der Waals surface area contributed by atoms with Gasteiger partial charge in [-0.15, -0.1) is 11.3 Å². The van der Waals surface area contributed by atoms with Crippen LogP contribution >= 0.6 is 11.3 Å². The fourth-order valence-corrected chi connectivity index (χ4v) is 4.23. The molecule has 31 heavy (non-hydrogen) atoms. The van der Waals surface area contributed by atoms with Crippen LogP contribution < -0.4 is 11.0 Å². The van der Waals surface area contributed by atoms with Gasteiger partial charge in [-0.25, -0.2) is 14.8 Å². The van der Waals surface area contributed by atoms with Crippen molar-refractivity contribution in [3.8, 4) is 5.69 Å². The molecule has 1 amide bonds. The highest BCUT2D eigenvalue weighted by Gasteiger charge is 2.17. The third kappa shape index (κ3) is 3.66. The van der Waals surface area contributed by atoms with Crippen molar-refractivity contribution in [2.45, 2.75) is 13.1 Å². The molecule has 1 N–H and O–H groups in total. The maximum atomic E-state index is 13.2. The molecule has 8 nitrogen and oxygen atoms in total. The van der Waals surface area contributed by atoms with Crippen LogP contribution in [0.3, 0.4) is 0 Å². The lowest BCUT2D eigenvalue weighted by atomic mass is 10.2. The summed E-state index contributed by atoms with van der Waals surface area (Å²) >= 11 is 1.58. The lowest BCUT2D eigenvalue weighted by Gasteiger charge is -2.11. The van der Waals surface area contributed by atoms with E-state index in [-0.39, 0.29) is 18.1 Å². The Balaban J connectivity index is 1.46. The molecule has 1 aromatic carbocycles. The van der Waals surface area contributed by atoms with E-state index in [1.54, 1.807) is 53.0 Å². The fraction of sp³-hybridized carbons (Fsp3) is 0.0909. The van der Waals surface area contributed by atoms with Gasteiger partial charge in [0.25, 0.3) is 0 Å². The molecule has 0 bridgehead atoms. The molecule has 0 aliphatic carbocycles. The standard InChI is InChI=1S/C22H18N6O2S/c29-20(25-17-6-1-2-7-18(17)26-11-10-23-15-26)14-27-19-8-3-9-24-21(19)28(22(27)30)13-16-5-4-12-31-16/h1-12,15H,13-14H2,(H,25,29). The summed E-state index contributed by atoms with van der Waals surface area (Å²) in [6.45, 7) is 0.304. The molecule has 5 rings (SSSR count). The van der Waals surface area contributed by atoms with Gasteiger partial charge in [0.2, 0.25) is 5.91 Å². The number of para-hydroxylation sites is 2. The van der Waals surface area contributed by atoms with Gasteiger partial charge in [-0.1, -0.05) is 18.2 Å². The number of rotatable bonds is 6. The molecular formula is C22H18N6O2S. The third-order valence-electron chi connectivity index (χ3n) is 4.93. The number of amides is 1. The van der Waals surface area contributed by atoms with Crippen molar-refractivity contribution in [2.24, 2.45) is 0 Å². The molecule has 0 spiro atoms. The van der Waals surface area contributed by atoms with Crippen molar-refractivity contribution in [2.75, 3.05) is 5.32 Å². The number of hydrogen-bond donors (Lipinski definition) is 1. The molecule has 0 aliphatic heterocycles. The maximum Gasteiger partial charge on any atom is 0.331 e. The van der Waals surface area contributed by atoms with Crippen LogP contribution in [0.1, 0.15) is 4.88 Å². The Kier molecular flexibility index (Phi) is 4.93. The van der Waals surface area contributed by atoms with Gasteiger partial charge in [0.15, 0.2) is 5.65 Å². The number of anilines is 1. The van der Waals surface area contributed by atoms with Crippen molar-refractivity contribution in [1.29, 1.82) is 0 Å². The summed E-state index contributed by atoms with van der Waals surface area (Å²) in [6, 6.07) is 14.9. The zero-order valence-electron chi connectivity index (χ0n) is 16.4. The average molecular weight is 430 g/mol. The first kappa shape index (κ1) is 19.0. The van der Waals surface area contributed by atoms with Gasteiger partial charge in [-0.2, -0.15) is 0 Å². The van der Waals surface area contributed by atoms with Crippen molar-refractivity contribution in [3.05, 3.63) is 94.2 Å². The van der Waals surface area contributed by atoms with E-state index in [1.165, 1.54) is 4.57 Å². The van der Waals surface area contributed by atoms with Gasteiger partial charge in [-0.3, -0.25) is 13.9 Å². The first-order valence-electron chi connectivity index (χ1n) is 9.64. The maximum absolute atomic E-state index is 13.2. The summed E-state index contributed by atoms with van der Waals surface area (Å²) in [4.78, 5) is 35.6. The lowest BCUT2D eigenvalue weighted by molar-refractivity contribution is -0.116. The second-order valence-electron chi connectivity index (χ2n) is 6.92. The highest BCUT2D eigenvalue weighted by Crippen LogP contribution is 2.20. The van der Waals surface area contributed by atoms with Crippen LogP contribution in [0.4, 0.5) is 5.69 Å². The number of imidazole rings is 2. The number of hydrogen-bond acceptors (Lipinski definition) is 5. The molecule has 0 saturated heterocycles. The van der Waals surface area contributed by atoms with E-state index in [1.807, 2.05) is 46.3 Å². The number of thiophene rings is 1. The molecule has 0 saturated carbocycles. The smallest absolute Gasteiger partial charge is 0.323 e. The Labute approximate surface area is 181 Å². The second kappa shape index (κ2) is 8.04. The normalized spacial score (nSPS) is 11.1. The summed E-state index contributed by atoms with van der Waals surface area (Å²) in [5, 5.41) is 4.89. The van der Waals surface area contributed by atoms with E-state index in [0.29, 0.717) is 23.4 Å². The van der Waals surface area contributed by atoms with Gasteiger partial charge in [0.05, 0.1) is 29.8 Å². The molecule has 154 valence electrons. The molecule has 4 heterocycles. The molecule has 0 fully saturated rings. The summed E-state index contributed by atoms with van der Waals surface area (Å²) in [5.74, 6) is -0.298. The molecular weight excluding hydrogens is 412 g/mol. The molecule has 0 atom stereocenters. The van der Waals surface area contributed by atoms with Crippen molar-refractivity contribution in [1.82, 2.24) is 23.7 Å². The van der Waals surface area contributed by atoms with E-state index in [2.05, 4.69) is 15.3 Å². The quantitative estimate of drug-likeness (QED) is 0.448. The van der Waals surface area contributed by atoms with Crippen LogP contribution in [-0.2, 0) is 17.9 Å². The number of nitrogens with zero attached hydrogens (tertiary/aromatic N) is 5. The van der Waals surface area contributed by atoms with Crippen LogP contribution in [0, 0.1) is 0 Å². The van der Waals surface area contributed by atoms with Gasteiger partial charge >= 0.3 is 5.69 Å². The monoisotopic (exact) mass is 430 g/mol. The molecule has 0 unspecified atom stereocenters. The van der Waals surface area contributed by atoms with Crippen molar-refractivity contribution >= 4 is 34.1 Å². The van der Waals surface area contributed by atoms with Crippen LogP contribution in [0.15, 0.2) is 83.6 Å². The molecule has 4 aromatic heterocycles. The number of carbonyl (C=O) groups excluding carboxylic acids is 1. The number of benzene rings is 1. The topological polar surface area (TPSA) is 86.7 Å². The number of nitrogens with one attached hydrogen (secondary N) is 1. The lowest BCUT2D eigenvalue weighted by Crippen LogP contribution is -2.29. The minimum atomic E-state index is -0.298. The van der Waals surface area contributed by atoms with Crippen LogP contribution in [0.2, 0.25) is 0 Å². The minimum Gasteiger partial charge on any atom is -0.323 e. The largest absolute Gasteiger partial charge is 0.331 e. The third-order valence-corrected chi connectivity index (χ3v) is 5.79. The van der Waals surface area contributed by atoms with Crippen LogP contribution in [0.5, 0.6) is 0 Å². The van der Waals surface area contributed by atoms with E-state index < -0.39 is 0 Å². The highest BCUT2D eigenvalue weighted by molar-refractivity contribution is 7.09. The van der Waals surface area contributed by atoms with Crippen molar-refractivity contribution < 1.29 is 4.79 Å². The zero-order valence-corrected chi connectivity index (χ0v) is 17.2. The Morgan fingerprint density at radius 2 is 1.94 bits per heavy atom. The minimum absolute atomic E-state index is 0.114. The molecule has 5 aromatic rings. The number of fused-ring (bicyclic) bond motifs is 1. The highest BCUT2D eigenvalue weighted by atomic mass is 32.1. The van der Waals surface area contributed by atoms with E-state index in [0.717, 1.165) is 10.6 Å². The summed E-state index contributed by atoms with van der Waals surface area (Å²) < 4.78 is 4.89. The summed E-state index contributed by atoms with van der Waals surface area (Å²) in [6.07, 6.45) is 6.80. The second-order valence-corrected chi connectivity index (χ2v) is 7.95. The Hall–Kier alpha value is -3.98. The van der Waals surface area contributed by atoms with E-state index >= 15 is 0 Å². The zero-order chi connectivity index (χ0) is 21.2. The van der Waals surface area contributed by atoms with Gasteiger partial charge < -0.3 is 9.88 Å². The molecule has 0 radical (unpaired) electrons. The van der Waals surface area contributed by atoms with Crippen LogP contribution in [-0.4, -0.2) is 29.6 Å². The van der Waals surface area contributed by atoms with Gasteiger partial charge in [0.1, 0.15) is 6.54 Å². The van der Waals surface area contributed by atoms with Gasteiger partial charge in [0, 0.05) is 23.5 Å². The van der Waals surface area contributed by atoms with Crippen molar-refractivity contribution in [3.63, 3.8) is 0 Å². The summed E-state index contributed by atoms with van der Waals surface area (Å²) in [7, 11) is 0. The molecule has 0 aliphatic rings. The predicted octanol–water partition coefficient (Wildman–Crippen LogP) is 3.13. The van der Waals surface area contributed by atoms with Gasteiger partial charge in [-0.05, 0) is 35.7 Å². The first-order chi connectivity index (χ1) is 15.2. The van der Waals surface area contributed by atoms with E-state index in [4.69, 9.17) is 0 Å². The summed E-state index contributed by atoms with van der Waals surface area (Å²) in [5.41, 5.74) is 2.36. The first-order valence-corrected chi connectivity index (χ1v) is 10.5. The predicted molar refractivity (Wildman–Crippen MR) is 120 cm³/mol. The molecule has 9 heteroatoms.